The van der Waals surface area contributed by atoms with E-state index >= 15 is 0 Å². The van der Waals surface area contributed by atoms with Gasteiger partial charge in [0.05, 0.1) is 12.1 Å². The second kappa shape index (κ2) is 15.2. The number of amides is 3. The van der Waals surface area contributed by atoms with E-state index in [0.717, 1.165) is 23.1 Å². The van der Waals surface area contributed by atoms with E-state index in [1.165, 1.54) is 74.2 Å². The molecule has 2 heterocycles. The number of pyridine rings is 1. The molecule has 0 saturated heterocycles. The van der Waals surface area contributed by atoms with Gasteiger partial charge in [0.2, 0.25) is 5.91 Å². The summed E-state index contributed by atoms with van der Waals surface area (Å²) in [5.41, 5.74) is -0.111. The number of nitrogens with one attached hydrogen (secondary N) is 2. The molecule has 4 aromatic rings. The average Bonchev–Trinajstić information content (AvgIpc) is 3.42. The highest BCUT2D eigenvalue weighted by Crippen LogP contribution is 2.29. The van der Waals surface area contributed by atoms with Crippen molar-refractivity contribution in [2.75, 3.05) is 33.5 Å². The van der Waals surface area contributed by atoms with E-state index in [0.29, 0.717) is 22.7 Å². The van der Waals surface area contributed by atoms with Crippen LogP contribution in [0, 0.1) is 17.5 Å². The topological polar surface area (TPSA) is 126 Å². The van der Waals surface area contributed by atoms with E-state index in [2.05, 4.69) is 10.3 Å². The number of hydrogen-bond donors (Lipinski definition) is 2. The zero-order chi connectivity index (χ0) is 36.0. The highest BCUT2D eigenvalue weighted by Gasteiger charge is 2.24. The minimum atomic E-state index is -2.49. The normalized spacial score (nSPS) is 12.7. The molecular formula is C33H34F3N5O6. The van der Waals surface area contributed by atoms with Gasteiger partial charge in [-0.2, -0.15) is 0 Å². The minimum Gasteiger partial charge on any atom is -0.486 e. The number of nitrogens with zero attached hydrogens (tertiary/aromatic N) is 3. The first-order valence-electron chi connectivity index (χ1n) is 15.2. The highest BCUT2D eigenvalue weighted by atomic mass is 19.1. The molecule has 47 heavy (non-hydrogen) atoms. The van der Waals surface area contributed by atoms with Gasteiger partial charge in [-0.25, -0.2) is 18.0 Å². The molecule has 3 amide bonds. The molecule has 0 aliphatic carbocycles. The number of halogens is 3. The second-order valence-corrected chi connectivity index (χ2v) is 10.7. The van der Waals surface area contributed by atoms with E-state index in [1.807, 2.05) is 0 Å². The number of fused-ring (bicyclic) bond motifs is 1. The lowest BCUT2D eigenvalue weighted by atomic mass is 10.1. The number of allylic oxidation sites excluding steroid dienone is 1. The van der Waals surface area contributed by atoms with Gasteiger partial charge in [0.15, 0.2) is 6.10 Å². The fourth-order valence-electron chi connectivity index (χ4n) is 4.24. The first kappa shape index (κ1) is 31.5. The summed E-state index contributed by atoms with van der Waals surface area (Å²) >= 11 is 0. The molecule has 0 aliphatic rings. The Bertz CT molecular complexity index is 1960. The number of ether oxygens (including phenoxy) is 2. The summed E-state index contributed by atoms with van der Waals surface area (Å²) in [7, 11) is 5.70. The molecular weight excluding hydrogens is 619 g/mol. The maximum absolute atomic E-state index is 14.4. The molecule has 11 nitrogen and oxygen atoms in total. The van der Waals surface area contributed by atoms with E-state index in [9.17, 15) is 32.3 Å². The SMILES string of the molecule is [2H]C([2H])(C/C=C/C(=O)N(C)C)C(OC(=O)N(C)C)C(=O)Nc1cccn(Cc2cc3cc(F)cc(OCc4ccc(F)cc4F)c3[nH]2)c1=O. The molecule has 1 unspecified atom stereocenters. The Morgan fingerprint density at radius 2 is 1.81 bits per heavy atom. The van der Waals surface area contributed by atoms with Crippen LogP contribution < -0.4 is 15.6 Å². The molecule has 0 aliphatic heterocycles. The third-order valence-corrected chi connectivity index (χ3v) is 6.67. The fraction of sp³-hybridized carbons (Fsp3) is 0.273. The van der Waals surface area contributed by atoms with Gasteiger partial charge in [0, 0.05) is 65.9 Å². The van der Waals surface area contributed by atoms with Crippen LogP contribution >= 0.6 is 0 Å². The van der Waals surface area contributed by atoms with Crippen LogP contribution in [-0.2, 0) is 27.5 Å². The Kier molecular flexibility index (Phi) is 10.2. The summed E-state index contributed by atoms with van der Waals surface area (Å²) in [6.07, 6.45) is -2.23. The van der Waals surface area contributed by atoms with Gasteiger partial charge >= 0.3 is 6.09 Å². The Morgan fingerprint density at radius 3 is 2.51 bits per heavy atom. The van der Waals surface area contributed by atoms with E-state index in [1.54, 1.807) is 6.07 Å². The molecule has 2 aromatic heterocycles. The Morgan fingerprint density at radius 1 is 1.04 bits per heavy atom. The largest absolute Gasteiger partial charge is 0.486 e. The summed E-state index contributed by atoms with van der Waals surface area (Å²) in [6, 6.07) is 9.64. The number of aromatic amines is 1. The van der Waals surface area contributed by atoms with Crippen molar-refractivity contribution in [3.8, 4) is 5.75 Å². The van der Waals surface area contributed by atoms with Crippen LogP contribution in [-0.4, -0.2) is 71.6 Å². The molecule has 14 heteroatoms. The van der Waals surface area contributed by atoms with Crippen LogP contribution in [0.3, 0.4) is 0 Å². The Hall–Kier alpha value is -5.53. The lowest BCUT2D eigenvalue weighted by Crippen LogP contribution is -2.37. The van der Waals surface area contributed by atoms with Gasteiger partial charge in [0.25, 0.3) is 11.5 Å². The molecule has 0 radical (unpaired) electrons. The molecule has 1 atom stereocenters. The van der Waals surface area contributed by atoms with Gasteiger partial charge in [-0.1, -0.05) is 6.08 Å². The molecule has 2 aromatic carbocycles. The number of carbonyl (C=O) groups is 3. The Labute approximate surface area is 271 Å². The van der Waals surface area contributed by atoms with Crippen molar-refractivity contribution in [3.05, 3.63) is 106 Å². The van der Waals surface area contributed by atoms with Gasteiger partial charge in [-0.05, 0) is 55.3 Å². The van der Waals surface area contributed by atoms with Crippen LogP contribution in [0.5, 0.6) is 5.75 Å². The number of hydrogen-bond acceptors (Lipinski definition) is 6. The number of aromatic nitrogens is 2. The molecule has 248 valence electrons. The average molecular weight is 656 g/mol. The van der Waals surface area contributed by atoms with Crippen molar-refractivity contribution in [1.29, 1.82) is 0 Å². The molecule has 0 fully saturated rings. The van der Waals surface area contributed by atoms with Crippen molar-refractivity contribution >= 4 is 34.5 Å². The predicted molar refractivity (Wildman–Crippen MR) is 168 cm³/mol. The maximum Gasteiger partial charge on any atom is 0.410 e. The van der Waals surface area contributed by atoms with Gasteiger partial charge in [-0.3, -0.25) is 14.4 Å². The number of likely N-dealkylation sites (N-methyl/N-ethyl adjacent to an activating group) is 1. The predicted octanol–water partition coefficient (Wildman–Crippen LogP) is 4.80. The fourth-order valence-corrected chi connectivity index (χ4v) is 4.24. The lowest BCUT2D eigenvalue weighted by molar-refractivity contribution is -0.125. The van der Waals surface area contributed by atoms with Gasteiger partial charge in [-0.15, -0.1) is 0 Å². The molecule has 0 spiro atoms. The molecule has 4 rings (SSSR count). The summed E-state index contributed by atoms with van der Waals surface area (Å²) in [5.74, 6) is -3.71. The van der Waals surface area contributed by atoms with E-state index in [4.69, 9.17) is 12.2 Å². The minimum absolute atomic E-state index is 0.0480. The monoisotopic (exact) mass is 655 g/mol. The van der Waals surface area contributed by atoms with Crippen molar-refractivity contribution < 1.29 is 39.8 Å². The summed E-state index contributed by atoms with van der Waals surface area (Å²) in [4.78, 5) is 56.3. The third-order valence-electron chi connectivity index (χ3n) is 6.67. The second-order valence-electron chi connectivity index (χ2n) is 10.7. The summed E-state index contributed by atoms with van der Waals surface area (Å²) in [6.45, 7) is -0.400. The number of rotatable bonds is 12. The third kappa shape index (κ3) is 9.02. The molecule has 2 N–H and O–H groups in total. The Balaban J connectivity index is 1.56. The summed E-state index contributed by atoms with van der Waals surface area (Å²) in [5, 5.41) is 2.73. The van der Waals surface area contributed by atoms with E-state index < -0.39 is 59.8 Å². The van der Waals surface area contributed by atoms with Gasteiger partial charge in [0.1, 0.15) is 35.5 Å². The van der Waals surface area contributed by atoms with Crippen LogP contribution in [0.25, 0.3) is 10.9 Å². The zero-order valence-electron chi connectivity index (χ0n) is 28.0. The van der Waals surface area contributed by atoms with Crippen LogP contribution in [0.4, 0.5) is 23.7 Å². The quantitative estimate of drug-likeness (QED) is 0.211. The first-order valence-corrected chi connectivity index (χ1v) is 14.2. The number of anilines is 1. The van der Waals surface area contributed by atoms with Crippen molar-refractivity contribution in [2.24, 2.45) is 0 Å². The standard InChI is InChI=1S/C33H34F3N5O6/c1-39(2)29(42)10-6-5-9-27(47-33(45)40(3)4)31(43)38-26-8-7-13-41(32(26)44)18-24-15-21-14-23(35)17-28(30(21)37-24)46-19-20-11-12-22(34)16-25(20)36/h6-8,10-17,27,37H,5,9,18-19H2,1-4H3,(H,38,43)/b10-6+/i9D2. The van der Waals surface area contributed by atoms with Crippen LogP contribution in [0.1, 0.15) is 26.8 Å². The van der Waals surface area contributed by atoms with Crippen molar-refractivity contribution in [1.82, 2.24) is 19.4 Å². The number of carbonyl (C=O) groups excluding carboxylic acids is 3. The van der Waals surface area contributed by atoms with Crippen molar-refractivity contribution in [3.63, 3.8) is 0 Å². The summed E-state index contributed by atoms with van der Waals surface area (Å²) < 4.78 is 70.8. The van der Waals surface area contributed by atoms with E-state index in [-0.39, 0.29) is 30.2 Å². The van der Waals surface area contributed by atoms with Crippen LogP contribution in [0.2, 0.25) is 0 Å². The maximum atomic E-state index is 14.4. The lowest BCUT2D eigenvalue weighted by Gasteiger charge is -2.19. The number of benzene rings is 2. The molecule has 0 bridgehead atoms. The molecule has 0 saturated carbocycles. The zero-order valence-corrected chi connectivity index (χ0v) is 26.0. The number of H-pyrrole nitrogens is 1. The van der Waals surface area contributed by atoms with Crippen molar-refractivity contribution in [2.45, 2.75) is 32.0 Å². The van der Waals surface area contributed by atoms with Gasteiger partial charge < -0.3 is 34.1 Å². The van der Waals surface area contributed by atoms with Crippen LogP contribution in [0.15, 0.2) is 71.7 Å². The highest BCUT2D eigenvalue weighted by molar-refractivity contribution is 5.95. The first-order chi connectivity index (χ1) is 23.0. The smallest absolute Gasteiger partial charge is 0.410 e.